The molecule has 0 amide bonds. The summed E-state index contributed by atoms with van der Waals surface area (Å²) in [6.45, 7) is 2.25. The fourth-order valence-electron chi connectivity index (χ4n) is 3.34. The highest BCUT2D eigenvalue weighted by Crippen LogP contribution is 2.33. The number of nitrogens with zero attached hydrogens (tertiary/aromatic N) is 1. The van der Waals surface area contributed by atoms with E-state index in [9.17, 15) is 4.39 Å². The molecule has 1 N–H and O–H groups in total. The summed E-state index contributed by atoms with van der Waals surface area (Å²) in [5.41, 5.74) is 2.29. The first-order chi connectivity index (χ1) is 12.2. The maximum Gasteiger partial charge on any atom is 0.278 e. The molecule has 3 heterocycles. The second-order valence-corrected chi connectivity index (χ2v) is 6.62. The molecule has 0 aliphatic carbocycles. The zero-order chi connectivity index (χ0) is 17.2. The summed E-state index contributed by atoms with van der Waals surface area (Å²) in [5.74, 6) is 1.07. The monoisotopic (exact) mass is 360 g/mol. The van der Waals surface area contributed by atoms with Crippen molar-refractivity contribution >= 4 is 22.6 Å². The van der Waals surface area contributed by atoms with Gasteiger partial charge in [0.1, 0.15) is 12.2 Å². The fourth-order valence-corrected chi connectivity index (χ4v) is 3.55. The molecule has 4 nitrogen and oxygen atoms in total. The summed E-state index contributed by atoms with van der Waals surface area (Å²) in [4.78, 5) is 4.40. The van der Waals surface area contributed by atoms with Crippen LogP contribution in [-0.4, -0.2) is 18.1 Å². The maximum absolute atomic E-state index is 13.5. The third-order valence-corrected chi connectivity index (χ3v) is 4.96. The average molecular weight is 361 g/mol. The van der Waals surface area contributed by atoms with Crippen molar-refractivity contribution in [2.75, 3.05) is 13.1 Å². The van der Waals surface area contributed by atoms with Crippen molar-refractivity contribution in [3.05, 3.63) is 58.7 Å². The first kappa shape index (κ1) is 16.4. The number of fused-ring (bicyclic) bond motifs is 1. The number of hydrogen-bond donors (Lipinski definition) is 1. The molecule has 1 aromatic carbocycles. The number of halogens is 2. The van der Waals surface area contributed by atoms with Gasteiger partial charge in [-0.1, -0.05) is 23.7 Å². The van der Waals surface area contributed by atoms with E-state index in [0.717, 1.165) is 37.1 Å². The molecule has 2 aromatic heterocycles. The lowest BCUT2D eigenvalue weighted by atomic mass is 9.91. The molecule has 0 spiro atoms. The molecule has 0 unspecified atom stereocenters. The van der Waals surface area contributed by atoms with Gasteiger partial charge in [-0.3, -0.25) is 0 Å². The number of rotatable bonds is 4. The maximum atomic E-state index is 13.5. The van der Waals surface area contributed by atoms with E-state index in [2.05, 4.69) is 16.4 Å². The van der Waals surface area contributed by atoms with Crippen LogP contribution in [0.3, 0.4) is 0 Å². The molecule has 0 radical (unpaired) electrons. The Morgan fingerprint density at radius 2 is 2.12 bits per heavy atom. The summed E-state index contributed by atoms with van der Waals surface area (Å²) >= 11 is 6.10. The first-order valence-corrected chi connectivity index (χ1v) is 8.75. The van der Waals surface area contributed by atoms with Gasteiger partial charge < -0.3 is 14.5 Å². The van der Waals surface area contributed by atoms with E-state index < -0.39 is 6.01 Å². The number of nitrogens with one attached hydrogen (secondary N) is 1. The van der Waals surface area contributed by atoms with Crippen molar-refractivity contribution in [1.82, 2.24) is 10.3 Å². The Morgan fingerprint density at radius 1 is 1.28 bits per heavy atom. The Bertz CT molecular complexity index is 890. The molecule has 0 bridgehead atoms. The molecule has 130 valence electrons. The molecule has 1 aliphatic rings. The van der Waals surface area contributed by atoms with Gasteiger partial charge in [0.05, 0.1) is 5.02 Å². The number of hydrogen-bond acceptors (Lipinski definition) is 4. The third kappa shape index (κ3) is 3.34. The Morgan fingerprint density at radius 3 is 2.96 bits per heavy atom. The second-order valence-electron chi connectivity index (χ2n) is 6.21. The zero-order valence-electron chi connectivity index (χ0n) is 13.6. The third-order valence-electron chi connectivity index (χ3n) is 4.63. The molecule has 6 heteroatoms. The molecular weight excluding hydrogens is 343 g/mol. The highest BCUT2D eigenvalue weighted by Gasteiger charge is 2.20. The minimum atomic E-state index is -0.655. The molecule has 4 rings (SSSR count). The van der Waals surface area contributed by atoms with Crippen LogP contribution in [-0.2, 0) is 6.61 Å². The van der Waals surface area contributed by atoms with Gasteiger partial charge in [-0.15, -0.1) is 0 Å². The van der Waals surface area contributed by atoms with E-state index in [1.807, 2.05) is 6.07 Å². The molecule has 0 saturated carbocycles. The topological polar surface area (TPSA) is 47.3 Å². The van der Waals surface area contributed by atoms with Gasteiger partial charge in [-0.2, -0.15) is 4.39 Å². The van der Waals surface area contributed by atoms with Crippen molar-refractivity contribution in [3.63, 3.8) is 0 Å². The number of benzene rings is 1. The highest BCUT2D eigenvalue weighted by atomic mass is 35.5. The summed E-state index contributed by atoms with van der Waals surface area (Å²) in [7, 11) is 0. The van der Waals surface area contributed by atoms with Crippen molar-refractivity contribution in [2.24, 2.45) is 0 Å². The van der Waals surface area contributed by atoms with E-state index in [4.69, 9.17) is 20.8 Å². The normalized spacial score (nSPS) is 15.6. The van der Waals surface area contributed by atoms with Crippen molar-refractivity contribution in [3.8, 4) is 5.88 Å². The quantitative estimate of drug-likeness (QED) is 0.734. The summed E-state index contributed by atoms with van der Waals surface area (Å²) in [6, 6.07) is 8.17. The predicted molar refractivity (Wildman–Crippen MR) is 94.6 cm³/mol. The van der Waals surface area contributed by atoms with Gasteiger partial charge in [0.15, 0.2) is 0 Å². The Hall–Kier alpha value is -2.11. The van der Waals surface area contributed by atoms with Crippen LogP contribution < -0.4 is 10.1 Å². The molecule has 25 heavy (non-hydrogen) atoms. The minimum Gasteiger partial charge on any atom is -0.472 e. The molecule has 0 atom stereocenters. The van der Waals surface area contributed by atoms with E-state index in [-0.39, 0.29) is 6.61 Å². The van der Waals surface area contributed by atoms with Gasteiger partial charge >= 0.3 is 0 Å². The van der Waals surface area contributed by atoms with Crippen LogP contribution in [0.2, 0.25) is 5.02 Å². The van der Waals surface area contributed by atoms with E-state index in [1.165, 1.54) is 6.07 Å². The van der Waals surface area contributed by atoms with Gasteiger partial charge in [-0.25, -0.2) is 4.98 Å². The lowest BCUT2D eigenvalue weighted by Gasteiger charge is -2.24. The fraction of sp³-hybridized carbons (Fsp3) is 0.316. The molecule has 1 saturated heterocycles. The molecular formula is C19H18ClFN2O2. The highest BCUT2D eigenvalue weighted by molar-refractivity contribution is 6.35. The standard InChI is InChI=1S/C19H18ClFN2O2/c20-16-4-3-13(18-15(16)10-17(21)25-18)11-24-19-14(2-1-7-23-19)12-5-8-22-9-6-12/h1-4,7,10,12,22H,5-6,8-9,11H2. The number of furan rings is 1. The molecule has 1 fully saturated rings. The lowest BCUT2D eigenvalue weighted by molar-refractivity contribution is 0.283. The lowest BCUT2D eigenvalue weighted by Crippen LogP contribution is -2.27. The molecule has 3 aromatic rings. The zero-order valence-corrected chi connectivity index (χ0v) is 14.4. The Kier molecular flexibility index (Phi) is 4.59. The molecule has 1 aliphatic heterocycles. The van der Waals surface area contributed by atoms with Crippen LogP contribution in [0, 0.1) is 6.01 Å². The van der Waals surface area contributed by atoms with Crippen molar-refractivity contribution in [2.45, 2.75) is 25.4 Å². The summed E-state index contributed by atoms with van der Waals surface area (Å²) < 4.78 is 24.6. The van der Waals surface area contributed by atoms with Crippen LogP contribution >= 0.6 is 11.6 Å². The first-order valence-electron chi connectivity index (χ1n) is 8.37. The Balaban J connectivity index is 1.59. The smallest absolute Gasteiger partial charge is 0.278 e. The van der Waals surface area contributed by atoms with Crippen molar-refractivity contribution in [1.29, 1.82) is 0 Å². The van der Waals surface area contributed by atoms with E-state index in [0.29, 0.717) is 27.8 Å². The largest absolute Gasteiger partial charge is 0.472 e. The Labute approximate surface area is 150 Å². The number of ether oxygens (including phenoxy) is 1. The van der Waals surface area contributed by atoms with Gasteiger partial charge in [0.2, 0.25) is 5.88 Å². The van der Waals surface area contributed by atoms with E-state index >= 15 is 0 Å². The van der Waals surface area contributed by atoms with Gasteiger partial charge in [-0.05, 0) is 44.0 Å². The minimum absolute atomic E-state index is 0.246. The van der Waals surface area contributed by atoms with Crippen LogP contribution in [0.5, 0.6) is 5.88 Å². The number of aromatic nitrogens is 1. The van der Waals surface area contributed by atoms with Crippen LogP contribution in [0.1, 0.15) is 29.9 Å². The van der Waals surface area contributed by atoms with Gasteiger partial charge in [0, 0.05) is 28.8 Å². The average Bonchev–Trinajstić information content (AvgIpc) is 3.05. The van der Waals surface area contributed by atoms with Crippen LogP contribution in [0.4, 0.5) is 4.39 Å². The number of pyridine rings is 1. The summed E-state index contributed by atoms with van der Waals surface area (Å²) in [6.07, 6.45) is 3.86. The number of piperidine rings is 1. The van der Waals surface area contributed by atoms with E-state index in [1.54, 1.807) is 18.3 Å². The SMILES string of the molecule is Fc1cc2c(Cl)ccc(COc3ncccc3C3CCNCC3)c2o1. The van der Waals surface area contributed by atoms with Gasteiger partial charge in [0.25, 0.3) is 6.01 Å². The van der Waals surface area contributed by atoms with Crippen LogP contribution in [0.15, 0.2) is 40.9 Å². The second kappa shape index (κ2) is 7.02. The predicted octanol–water partition coefficient (Wildman–Crippen LogP) is 4.67. The summed E-state index contributed by atoms with van der Waals surface area (Å²) in [5, 5.41) is 4.38. The van der Waals surface area contributed by atoms with Crippen LogP contribution in [0.25, 0.3) is 11.0 Å². The van der Waals surface area contributed by atoms with Crippen molar-refractivity contribution < 1.29 is 13.5 Å².